The van der Waals surface area contributed by atoms with Gasteiger partial charge < -0.3 is 4.98 Å². The maximum absolute atomic E-state index is 12.4. The largest absolute Gasteiger partial charge is 0.319 e. The van der Waals surface area contributed by atoms with E-state index in [0.29, 0.717) is 0 Å². The molecule has 84 valence electrons. The van der Waals surface area contributed by atoms with Crippen molar-refractivity contribution in [2.24, 2.45) is 0 Å². The molecule has 0 aliphatic carbocycles. The lowest BCUT2D eigenvalue weighted by molar-refractivity contribution is 0.142. The highest BCUT2D eigenvalue weighted by molar-refractivity contribution is 9.10. The highest BCUT2D eigenvalue weighted by Gasteiger charge is 2.23. The molecule has 0 aliphatic rings. The molecule has 1 heterocycles. The fourth-order valence-electron chi connectivity index (χ4n) is 0.866. The van der Waals surface area contributed by atoms with E-state index < -0.39 is 31.6 Å². The van der Waals surface area contributed by atoms with Gasteiger partial charge in [-0.15, -0.1) is 0 Å². The molecule has 0 fully saturated rings. The first-order chi connectivity index (χ1) is 6.73. The van der Waals surface area contributed by atoms with Crippen molar-refractivity contribution >= 4 is 35.7 Å². The standard InChI is InChI=1S/C6H3BrClF2NO3S/c7-2-1-3(15(8,13)14)4(5(9)10)11-6(2)12/h1,5H,(H,11,12). The third kappa shape index (κ3) is 2.76. The quantitative estimate of drug-likeness (QED) is 0.847. The number of H-pyrrole nitrogens is 1. The summed E-state index contributed by atoms with van der Waals surface area (Å²) in [6.07, 6.45) is -3.13. The fraction of sp³-hybridized carbons (Fsp3) is 0.167. The Bertz CT molecular complexity index is 542. The smallest absolute Gasteiger partial charge is 0.279 e. The van der Waals surface area contributed by atoms with Gasteiger partial charge in [-0.3, -0.25) is 4.79 Å². The van der Waals surface area contributed by atoms with Gasteiger partial charge in [-0.25, -0.2) is 17.2 Å². The van der Waals surface area contributed by atoms with E-state index >= 15 is 0 Å². The van der Waals surface area contributed by atoms with Crippen LogP contribution < -0.4 is 5.56 Å². The number of aromatic amines is 1. The summed E-state index contributed by atoms with van der Waals surface area (Å²) in [6, 6.07) is 0.739. The predicted octanol–water partition coefficient (Wildman–Crippen LogP) is 2.00. The van der Waals surface area contributed by atoms with E-state index in [4.69, 9.17) is 10.7 Å². The van der Waals surface area contributed by atoms with Crippen LogP contribution in [0, 0.1) is 0 Å². The molecule has 0 saturated heterocycles. The zero-order valence-electron chi connectivity index (χ0n) is 6.80. The van der Waals surface area contributed by atoms with Gasteiger partial charge in [0.15, 0.2) is 0 Å². The topological polar surface area (TPSA) is 67.0 Å². The lowest BCUT2D eigenvalue weighted by Gasteiger charge is -2.05. The summed E-state index contributed by atoms with van der Waals surface area (Å²) in [6.45, 7) is 0. The Morgan fingerprint density at radius 2 is 2.00 bits per heavy atom. The molecule has 1 aromatic rings. The third-order valence-electron chi connectivity index (χ3n) is 1.47. The van der Waals surface area contributed by atoms with E-state index in [-0.39, 0.29) is 4.47 Å². The van der Waals surface area contributed by atoms with Gasteiger partial charge in [0.25, 0.3) is 21.0 Å². The summed E-state index contributed by atoms with van der Waals surface area (Å²) in [5.41, 5.74) is -1.87. The molecule has 0 bridgehead atoms. The average molecular weight is 323 g/mol. The van der Waals surface area contributed by atoms with Crippen molar-refractivity contribution in [2.75, 3.05) is 0 Å². The van der Waals surface area contributed by atoms with Crippen LogP contribution in [0.25, 0.3) is 0 Å². The van der Waals surface area contributed by atoms with Crippen LogP contribution in [0.5, 0.6) is 0 Å². The highest BCUT2D eigenvalue weighted by atomic mass is 79.9. The first kappa shape index (κ1) is 12.6. The first-order valence-corrected chi connectivity index (χ1v) is 6.49. The summed E-state index contributed by atoms with van der Waals surface area (Å²) in [5, 5.41) is 0. The van der Waals surface area contributed by atoms with E-state index in [1.165, 1.54) is 0 Å². The second-order valence-electron chi connectivity index (χ2n) is 2.46. The summed E-state index contributed by atoms with van der Waals surface area (Å²) >= 11 is 2.71. The Hall–Kier alpha value is -0.470. The minimum Gasteiger partial charge on any atom is -0.319 e. The normalized spacial score (nSPS) is 12.1. The van der Waals surface area contributed by atoms with E-state index in [1.54, 1.807) is 4.98 Å². The van der Waals surface area contributed by atoms with E-state index in [9.17, 15) is 22.0 Å². The number of halogens is 4. The van der Waals surface area contributed by atoms with Crippen LogP contribution in [0.1, 0.15) is 12.1 Å². The molecule has 0 atom stereocenters. The first-order valence-electron chi connectivity index (χ1n) is 3.39. The zero-order chi connectivity index (χ0) is 11.8. The van der Waals surface area contributed by atoms with Crippen LogP contribution in [-0.2, 0) is 9.05 Å². The Balaban J connectivity index is 3.64. The molecule has 4 nitrogen and oxygen atoms in total. The molecule has 0 unspecified atom stereocenters. The molecular formula is C6H3BrClF2NO3S. The van der Waals surface area contributed by atoms with Crippen molar-refractivity contribution in [3.8, 4) is 0 Å². The maximum atomic E-state index is 12.4. The molecule has 0 aliphatic heterocycles. The van der Waals surface area contributed by atoms with E-state index in [2.05, 4.69) is 15.9 Å². The van der Waals surface area contributed by atoms with E-state index in [0.717, 1.165) is 6.07 Å². The number of nitrogens with one attached hydrogen (secondary N) is 1. The molecule has 9 heteroatoms. The molecule has 0 spiro atoms. The van der Waals surface area contributed by atoms with Gasteiger partial charge in [0, 0.05) is 10.7 Å². The number of alkyl halides is 2. The molecule has 1 aromatic heterocycles. The molecule has 0 aromatic carbocycles. The SMILES string of the molecule is O=c1[nH]c(C(F)F)c(S(=O)(=O)Cl)cc1Br. The maximum Gasteiger partial charge on any atom is 0.279 e. The van der Waals surface area contributed by atoms with Crippen LogP contribution in [0.4, 0.5) is 8.78 Å². The van der Waals surface area contributed by atoms with Crippen LogP contribution in [-0.4, -0.2) is 13.4 Å². The molecule has 1 N–H and O–H groups in total. The van der Waals surface area contributed by atoms with Crippen LogP contribution >= 0.6 is 26.6 Å². The zero-order valence-corrected chi connectivity index (χ0v) is 9.96. The number of rotatable bonds is 2. The van der Waals surface area contributed by atoms with Gasteiger partial charge in [-0.1, -0.05) is 0 Å². The predicted molar refractivity (Wildman–Crippen MR) is 52.8 cm³/mol. The molecule has 0 amide bonds. The Morgan fingerprint density at radius 3 is 2.40 bits per heavy atom. The van der Waals surface area contributed by atoms with Crippen molar-refractivity contribution in [3.05, 3.63) is 26.6 Å². The molecule has 1 rings (SSSR count). The molecular weight excluding hydrogens is 319 g/mol. The van der Waals surface area contributed by atoms with E-state index in [1.807, 2.05) is 0 Å². The molecule has 0 radical (unpaired) electrons. The lowest BCUT2D eigenvalue weighted by Crippen LogP contribution is -2.14. The lowest BCUT2D eigenvalue weighted by atomic mass is 10.3. The van der Waals surface area contributed by atoms with Crippen LogP contribution in [0.15, 0.2) is 20.2 Å². The Morgan fingerprint density at radius 1 is 1.47 bits per heavy atom. The minimum atomic E-state index is -4.33. The fourth-order valence-corrected chi connectivity index (χ4v) is 2.39. The average Bonchev–Trinajstić information content (AvgIpc) is 2.06. The Kier molecular flexibility index (Phi) is 3.51. The van der Waals surface area contributed by atoms with Crippen molar-refractivity contribution in [3.63, 3.8) is 0 Å². The molecule has 15 heavy (non-hydrogen) atoms. The van der Waals surface area contributed by atoms with Gasteiger partial charge >= 0.3 is 0 Å². The summed E-state index contributed by atoms with van der Waals surface area (Å²) in [4.78, 5) is 11.9. The van der Waals surface area contributed by atoms with Gasteiger partial charge in [-0.2, -0.15) is 0 Å². The van der Waals surface area contributed by atoms with Crippen LogP contribution in [0.3, 0.4) is 0 Å². The second kappa shape index (κ2) is 4.18. The summed E-state index contributed by atoms with van der Waals surface area (Å²) < 4.78 is 46.4. The van der Waals surface area contributed by atoms with Gasteiger partial charge in [0.2, 0.25) is 0 Å². The van der Waals surface area contributed by atoms with Crippen molar-refractivity contribution < 1.29 is 17.2 Å². The van der Waals surface area contributed by atoms with Crippen molar-refractivity contribution in [1.82, 2.24) is 4.98 Å². The monoisotopic (exact) mass is 321 g/mol. The van der Waals surface area contributed by atoms with Gasteiger partial charge in [-0.05, 0) is 22.0 Å². The summed E-state index contributed by atoms with van der Waals surface area (Å²) in [7, 11) is 0.602. The summed E-state index contributed by atoms with van der Waals surface area (Å²) in [5.74, 6) is 0. The number of aromatic nitrogens is 1. The minimum absolute atomic E-state index is 0.189. The number of hydrogen-bond donors (Lipinski definition) is 1. The Labute approximate surface area is 95.8 Å². The number of hydrogen-bond acceptors (Lipinski definition) is 3. The highest BCUT2D eigenvalue weighted by Crippen LogP contribution is 2.27. The van der Waals surface area contributed by atoms with Gasteiger partial charge in [0.1, 0.15) is 10.6 Å². The van der Waals surface area contributed by atoms with Crippen molar-refractivity contribution in [1.29, 1.82) is 0 Å². The second-order valence-corrected chi connectivity index (χ2v) is 5.85. The number of pyridine rings is 1. The molecule has 0 saturated carbocycles. The van der Waals surface area contributed by atoms with Crippen molar-refractivity contribution in [2.45, 2.75) is 11.3 Å². The third-order valence-corrected chi connectivity index (χ3v) is 3.42. The van der Waals surface area contributed by atoms with Crippen LogP contribution in [0.2, 0.25) is 0 Å². The van der Waals surface area contributed by atoms with Gasteiger partial charge in [0.05, 0.1) is 4.47 Å².